The molecule has 0 aromatic rings. The fourth-order valence-electron chi connectivity index (χ4n) is 2.70. The van der Waals surface area contributed by atoms with Crippen LogP contribution in [0.5, 0.6) is 0 Å². The number of thiol groups is 1. The van der Waals surface area contributed by atoms with Crippen molar-refractivity contribution >= 4 is 48.2 Å². The van der Waals surface area contributed by atoms with E-state index in [2.05, 4.69) is 33.6 Å². The highest BCUT2D eigenvalue weighted by Gasteiger charge is 2.30. The van der Waals surface area contributed by atoms with E-state index in [9.17, 15) is 29.1 Å². The summed E-state index contributed by atoms with van der Waals surface area (Å²) in [6.07, 6.45) is -0.118. The topological polar surface area (TPSA) is 252 Å². The average Bonchev–Trinajstić information content (AvgIpc) is 2.74. The molecule has 4 atom stereocenters. The number of nitrogens with zero attached hydrogens (tertiary/aromatic N) is 1. The van der Waals surface area contributed by atoms with Gasteiger partial charge in [-0.3, -0.25) is 24.2 Å². The molecule has 0 saturated carbocycles. The number of carbonyl (C=O) groups excluding carboxylic acids is 3. The summed E-state index contributed by atoms with van der Waals surface area (Å²) in [6.45, 7) is 3.45. The standard InChI is InChI=1S/C19H35N7O7S/c1-9(2)14(18(32)33)26-17(31)12(8-34)25-16(30)11(5-6-13(27)28)24-15(29)10(20)4-3-7-23-19(21)22/h9-12,14,34H,3-8,20H2,1-2H3,(H,24,29)(H,25,30)(H,26,31)(H,27,28)(H,32,33)(H4,21,22,23). The van der Waals surface area contributed by atoms with Gasteiger partial charge in [0.05, 0.1) is 6.04 Å². The number of amides is 3. The van der Waals surface area contributed by atoms with Gasteiger partial charge in [-0.2, -0.15) is 12.6 Å². The van der Waals surface area contributed by atoms with Crippen LogP contribution in [-0.4, -0.2) is 82.3 Å². The van der Waals surface area contributed by atoms with Gasteiger partial charge in [0.15, 0.2) is 5.96 Å². The highest BCUT2D eigenvalue weighted by Crippen LogP contribution is 2.05. The number of aliphatic carboxylic acids is 2. The van der Waals surface area contributed by atoms with Crippen molar-refractivity contribution in [2.45, 2.75) is 63.7 Å². The molecule has 11 N–H and O–H groups in total. The molecular weight excluding hydrogens is 470 g/mol. The summed E-state index contributed by atoms with van der Waals surface area (Å²) in [5, 5.41) is 25.3. The van der Waals surface area contributed by atoms with E-state index in [1.165, 1.54) is 0 Å². The zero-order chi connectivity index (χ0) is 26.4. The summed E-state index contributed by atoms with van der Waals surface area (Å²) in [4.78, 5) is 63.7. The second-order valence-electron chi connectivity index (χ2n) is 7.86. The minimum absolute atomic E-state index is 0.103. The Bertz CT molecular complexity index is 759. The third-order valence-electron chi connectivity index (χ3n) is 4.63. The van der Waals surface area contributed by atoms with E-state index in [1.54, 1.807) is 13.8 Å². The van der Waals surface area contributed by atoms with E-state index in [-0.39, 0.29) is 31.1 Å². The van der Waals surface area contributed by atoms with Gasteiger partial charge in [-0.05, 0) is 25.2 Å². The fourth-order valence-corrected chi connectivity index (χ4v) is 2.96. The molecule has 0 fully saturated rings. The zero-order valence-electron chi connectivity index (χ0n) is 19.2. The van der Waals surface area contributed by atoms with Gasteiger partial charge in [0.25, 0.3) is 0 Å². The van der Waals surface area contributed by atoms with Gasteiger partial charge in [-0.1, -0.05) is 13.8 Å². The van der Waals surface area contributed by atoms with Crippen LogP contribution in [0.15, 0.2) is 4.99 Å². The third-order valence-corrected chi connectivity index (χ3v) is 5.00. The van der Waals surface area contributed by atoms with Crippen molar-refractivity contribution in [3.63, 3.8) is 0 Å². The Morgan fingerprint density at radius 2 is 1.47 bits per heavy atom. The molecule has 4 unspecified atom stereocenters. The van der Waals surface area contributed by atoms with Gasteiger partial charge in [-0.15, -0.1) is 0 Å². The van der Waals surface area contributed by atoms with Gasteiger partial charge in [0.1, 0.15) is 18.1 Å². The van der Waals surface area contributed by atoms with Crippen molar-refractivity contribution in [2.75, 3.05) is 12.3 Å². The monoisotopic (exact) mass is 505 g/mol. The summed E-state index contributed by atoms with van der Waals surface area (Å²) in [7, 11) is 0. The maximum Gasteiger partial charge on any atom is 0.326 e. The van der Waals surface area contributed by atoms with Crippen LogP contribution in [0.25, 0.3) is 0 Å². The van der Waals surface area contributed by atoms with E-state index in [0.717, 1.165) is 0 Å². The molecule has 34 heavy (non-hydrogen) atoms. The number of hydrogen-bond donors (Lipinski definition) is 9. The lowest BCUT2D eigenvalue weighted by atomic mass is 10.0. The first-order chi connectivity index (χ1) is 15.8. The van der Waals surface area contributed by atoms with Crippen LogP contribution in [0, 0.1) is 5.92 Å². The Balaban J connectivity index is 5.23. The lowest BCUT2D eigenvalue weighted by Gasteiger charge is -2.25. The maximum atomic E-state index is 12.7. The van der Waals surface area contributed by atoms with Crippen LogP contribution in [0.4, 0.5) is 0 Å². The van der Waals surface area contributed by atoms with Crippen molar-refractivity contribution in [3.05, 3.63) is 0 Å². The molecule has 15 heteroatoms. The Morgan fingerprint density at radius 3 is 1.94 bits per heavy atom. The average molecular weight is 506 g/mol. The first-order valence-electron chi connectivity index (χ1n) is 10.6. The molecule has 14 nitrogen and oxygen atoms in total. The van der Waals surface area contributed by atoms with E-state index in [0.29, 0.717) is 6.42 Å². The predicted octanol–water partition coefficient (Wildman–Crippen LogP) is -2.64. The van der Waals surface area contributed by atoms with Crippen LogP contribution in [0.3, 0.4) is 0 Å². The van der Waals surface area contributed by atoms with Crippen LogP contribution < -0.4 is 33.2 Å². The first-order valence-corrected chi connectivity index (χ1v) is 11.2. The number of guanidine groups is 1. The largest absolute Gasteiger partial charge is 0.481 e. The Kier molecular flexibility index (Phi) is 14.3. The summed E-state index contributed by atoms with van der Waals surface area (Å²) in [5.74, 6) is -5.47. The molecule has 0 heterocycles. The quantitative estimate of drug-likeness (QED) is 0.0456. The van der Waals surface area contributed by atoms with Gasteiger partial charge in [0.2, 0.25) is 17.7 Å². The van der Waals surface area contributed by atoms with E-state index in [4.69, 9.17) is 22.3 Å². The Hall–Kier alpha value is -3.07. The Morgan fingerprint density at radius 1 is 0.912 bits per heavy atom. The molecule has 0 radical (unpaired) electrons. The van der Waals surface area contributed by atoms with Crippen LogP contribution in [-0.2, 0) is 24.0 Å². The molecule has 0 spiro atoms. The fraction of sp³-hybridized carbons (Fsp3) is 0.684. The van der Waals surface area contributed by atoms with Gasteiger partial charge < -0.3 is 43.4 Å². The lowest BCUT2D eigenvalue weighted by Crippen LogP contribution is -2.58. The maximum absolute atomic E-state index is 12.7. The van der Waals surface area contributed by atoms with Gasteiger partial charge in [0, 0.05) is 18.7 Å². The van der Waals surface area contributed by atoms with Crippen molar-refractivity contribution in [1.29, 1.82) is 0 Å². The Labute approximate surface area is 202 Å². The molecule has 0 aliphatic rings. The van der Waals surface area contributed by atoms with Crippen molar-refractivity contribution < 1.29 is 34.2 Å². The third kappa shape index (κ3) is 12.2. The number of carbonyl (C=O) groups is 5. The van der Waals surface area contributed by atoms with Crippen LogP contribution in [0.1, 0.15) is 39.5 Å². The molecule has 0 aliphatic heterocycles. The number of rotatable bonds is 16. The number of nitrogens with two attached hydrogens (primary N) is 3. The molecule has 0 saturated heterocycles. The van der Waals surface area contributed by atoms with E-state index >= 15 is 0 Å². The number of aliphatic imine (C=N–C) groups is 1. The predicted molar refractivity (Wildman–Crippen MR) is 127 cm³/mol. The van der Waals surface area contributed by atoms with Crippen molar-refractivity contribution in [1.82, 2.24) is 16.0 Å². The number of carboxylic acid groups (broad SMARTS) is 2. The van der Waals surface area contributed by atoms with Gasteiger partial charge in [-0.25, -0.2) is 4.79 Å². The zero-order valence-corrected chi connectivity index (χ0v) is 20.1. The molecule has 0 aromatic carbocycles. The van der Waals surface area contributed by atoms with E-state index in [1.807, 2.05) is 0 Å². The summed E-state index contributed by atoms with van der Waals surface area (Å²) in [5.41, 5.74) is 16.3. The molecule has 194 valence electrons. The first kappa shape index (κ1) is 30.9. The molecule has 0 rings (SSSR count). The highest BCUT2D eigenvalue weighted by molar-refractivity contribution is 7.80. The SMILES string of the molecule is CC(C)C(NC(=O)C(CS)NC(=O)C(CCC(=O)O)NC(=O)C(N)CCCN=C(N)N)C(=O)O. The number of hydrogen-bond acceptors (Lipinski definition) is 8. The summed E-state index contributed by atoms with van der Waals surface area (Å²) in [6, 6.07) is -4.73. The smallest absolute Gasteiger partial charge is 0.326 e. The molecule has 3 amide bonds. The van der Waals surface area contributed by atoms with Crippen LogP contribution in [0.2, 0.25) is 0 Å². The normalized spacial score (nSPS) is 14.3. The summed E-state index contributed by atoms with van der Waals surface area (Å²) >= 11 is 4.02. The summed E-state index contributed by atoms with van der Waals surface area (Å²) < 4.78 is 0. The van der Waals surface area contributed by atoms with Crippen LogP contribution >= 0.6 is 12.6 Å². The van der Waals surface area contributed by atoms with Crippen molar-refractivity contribution in [2.24, 2.45) is 28.1 Å². The molecule has 0 aliphatic carbocycles. The van der Waals surface area contributed by atoms with Crippen molar-refractivity contribution in [3.8, 4) is 0 Å². The lowest BCUT2D eigenvalue weighted by molar-refractivity contribution is -0.143. The molecular formula is C19H35N7O7S. The van der Waals surface area contributed by atoms with Gasteiger partial charge >= 0.3 is 11.9 Å². The second kappa shape index (κ2) is 15.7. The highest BCUT2D eigenvalue weighted by atomic mass is 32.1. The molecule has 0 aromatic heterocycles. The number of nitrogens with one attached hydrogen (secondary N) is 3. The second-order valence-corrected chi connectivity index (χ2v) is 8.23. The number of carboxylic acids is 2. The molecule has 0 bridgehead atoms. The van der Waals surface area contributed by atoms with E-state index < -0.39 is 66.2 Å². The minimum Gasteiger partial charge on any atom is -0.481 e. The minimum atomic E-state index is -1.30.